The van der Waals surface area contributed by atoms with E-state index in [0.717, 1.165) is 12.5 Å². The summed E-state index contributed by atoms with van der Waals surface area (Å²) in [6, 6.07) is -0.157. The van der Waals surface area contributed by atoms with Crippen LogP contribution in [0.5, 0.6) is 0 Å². The van der Waals surface area contributed by atoms with E-state index in [-0.39, 0.29) is 36.3 Å². The van der Waals surface area contributed by atoms with Crippen LogP contribution in [0.25, 0.3) is 0 Å². The molecule has 2 amide bonds. The number of nitrogens with zero attached hydrogens (tertiary/aromatic N) is 1. The van der Waals surface area contributed by atoms with E-state index in [0.29, 0.717) is 19.0 Å². The highest BCUT2D eigenvalue weighted by molar-refractivity contribution is 5.88. The van der Waals surface area contributed by atoms with Crippen LogP contribution < -0.4 is 11.1 Å². The number of hydrogen-bond acceptors (Lipinski definition) is 3. The van der Waals surface area contributed by atoms with Crippen LogP contribution in [-0.2, 0) is 16.0 Å². The average Bonchev–Trinajstić information content (AvgIpc) is 2.71. The normalized spacial score (nSPS) is 21.9. The first kappa shape index (κ1) is 20.2. The lowest BCUT2D eigenvalue weighted by atomic mass is 10.0. The molecule has 3 atom stereocenters. The van der Waals surface area contributed by atoms with Gasteiger partial charge in [-0.05, 0) is 37.8 Å². The minimum atomic E-state index is -1.27. The SMILES string of the molecule is CC[C@@H]1CCN(C(=O)C[C@H](N)Cc2cc(F)c(F)cc2F)[C@H](C)C(=O)N1. The third kappa shape index (κ3) is 4.75. The third-order valence-corrected chi connectivity index (χ3v) is 4.73. The Bertz CT molecular complexity index is 684. The van der Waals surface area contributed by atoms with Crippen LogP contribution in [0.2, 0.25) is 0 Å². The molecular weight excluding hydrogens is 347 g/mol. The predicted molar refractivity (Wildman–Crippen MR) is 90.6 cm³/mol. The Balaban J connectivity index is 2.02. The summed E-state index contributed by atoms with van der Waals surface area (Å²) in [5.74, 6) is -3.88. The van der Waals surface area contributed by atoms with Crippen molar-refractivity contribution in [1.29, 1.82) is 0 Å². The van der Waals surface area contributed by atoms with E-state index in [4.69, 9.17) is 5.73 Å². The van der Waals surface area contributed by atoms with Crippen molar-refractivity contribution in [3.63, 3.8) is 0 Å². The molecule has 2 rings (SSSR count). The van der Waals surface area contributed by atoms with Crippen molar-refractivity contribution in [1.82, 2.24) is 10.2 Å². The maximum Gasteiger partial charge on any atom is 0.242 e. The largest absolute Gasteiger partial charge is 0.352 e. The molecule has 5 nitrogen and oxygen atoms in total. The Labute approximate surface area is 150 Å². The number of amides is 2. The zero-order valence-electron chi connectivity index (χ0n) is 14.9. The summed E-state index contributed by atoms with van der Waals surface area (Å²) >= 11 is 0. The summed E-state index contributed by atoms with van der Waals surface area (Å²) < 4.78 is 40.0. The smallest absolute Gasteiger partial charge is 0.242 e. The fourth-order valence-corrected chi connectivity index (χ4v) is 3.09. The second-order valence-corrected chi connectivity index (χ2v) is 6.69. The number of carbonyl (C=O) groups is 2. The van der Waals surface area contributed by atoms with E-state index < -0.39 is 29.5 Å². The highest BCUT2D eigenvalue weighted by atomic mass is 19.2. The van der Waals surface area contributed by atoms with Crippen molar-refractivity contribution < 1.29 is 22.8 Å². The topological polar surface area (TPSA) is 75.4 Å². The summed E-state index contributed by atoms with van der Waals surface area (Å²) in [5.41, 5.74) is 5.83. The van der Waals surface area contributed by atoms with Gasteiger partial charge in [0.1, 0.15) is 11.9 Å². The molecule has 1 aliphatic heterocycles. The standard InChI is InChI=1S/C18H24F3N3O2/c1-3-13-4-5-24(10(2)18(26)23-13)17(25)8-12(22)6-11-7-15(20)16(21)9-14(11)19/h7,9-10,12-13H,3-6,8,22H2,1-2H3,(H,23,26)/t10-,12-,13-/m1/s1. The lowest BCUT2D eigenvalue weighted by Crippen LogP contribution is -2.47. The van der Waals surface area contributed by atoms with Crippen LogP contribution in [0.3, 0.4) is 0 Å². The highest BCUT2D eigenvalue weighted by Gasteiger charge is 2.31. The van der Waals surface area contributed by atoms with Gasteiger partial charge in [0.25, 0.3) is 0 Å². The monoisotopic (exact) mass is 371 g/mol. The van der Waals surface area contributed by atoms with E-state index in [1.807, 2.05) is 6.92 Å². The van der Waals surface area contributed by atoms with Crippen LogP contribution in [-0.4, -0.2) is 41.4 Å². The van der Waals surface area contributed by atoms with Gasteiger partial charge >= 0.3 is 0 Å². The summed E-state index contributed by atoms with van der Waals surface area (Å²) in [7, 11) is 0. The Kier molecular flexibility index (Phi) is 6.63. The van der Waals surface area contributed by atoms with Crippen LogP contribution in [0.1, 0.15) is 38.7 Å². The van der Waals surface area contributed by atoms with Crippen molar-refractivity contribution in [3.05, 3.63) is 35.1 Å². The molecule has 1 saturated heterocycles. The quantitative estimate of drug-likeness (QED) is 0.776. The van der Waals surface area contributed by atoms with Gasteiger partial charge in [0.2, 0.25) is 11.8 Å². The highest BCUT2D eigenvalue weighted by Crippen LogP contribution is 2.17. The van der Waals surface area contributed by atoms with Gasteiger partial charge in [-0.25, -0.2) is 13.2 Å². The Morgan fingerprint density at radius 2 is 1.96 bits per heavy atom. The third-order valence-electron chi connectivity index (χ3n) is 4.73. The van der Waals surface area contributed by atoms with Crippen LogP contribution in [0, 0.1) is 17.5 Å². The minimum Gasteiger partial charge on any atom is -0.352 e. The molecule has 1 aromatic rings. The van der Waals surface area contributed by atoms with Crippen LogP contribution in [0.15, 0.2) is 12.1 Å². The molecule has 1 heterocycles. The summed E-state index contributed by atoms with van der Waals surface area (Å²) in [4.78, 5) is 26.1. The Hall–Kier alpha value is -2.09. The van der Waals surface area contributed by atoms with E-state index in [1.165, 1.54) is 4.90 Å². The molecule has 1 fully saturated rings. The van der Waals surface area contributed by atoms with Crippen LogP contribution in [0.4, 0.5) is 13.2 Å². The van der Waals surface area contributed by atoms with E-state index in [9.17, 15) is 22.8 Å². The molecule has 0 aliphatic carbocycles. The molecule has 1 aliphatic rings. The number of nitrogens with one attached hydrogen (secondary N) is 1. The molecule has 0 spiro atoms. The molecule has 3 N–H and O–H groups in total. The number of rotatable bonds is 5. The zero-order chi connectivity index (χ0) is 19.4. The van der Waals surface area contributed by atoms with Gasteiger partial charge in [-0.2, -0.15) is 0 Å². The van der Waals surface area contributed by atoms with Crippen molar-refractivity contribution in [2.45, 2.75) is 57.7 Å². The molecule has 0 radical (unpaired) electrons. The second kappa shape index (κ2) is 8.53. The maximum atomic E-state index is 13.7. The number of nitrogens with two attached hydrogens (primary N) is 1. The number of carbonyl (C=O) groups excluding carboxylic acids is 2. The molecule has 0 aromatic heterocycles. The van der Waals surface area contributed by atoms with Gasteiger partial charge in [0.15, 0.2) is 11.6 Å². The number of benzene rings is 1. The molecule has 0 bridgehead atoms. The Morgan fingerprint density at radius 1 is 1.31 bits per heavy atom. The van der Waals surface area contributed by atoms with E-state index in [2.05, 4.69) is 5.32 Å². The predicted octanol–water partition coefficient (Wildman–Crippen LogP) is 1.88. The number of halogens is 3. The fourth-order valence-electron chi connectivity index (χ4n) is 3.09. The first-order valence-electron chi connectivity index (χ1n) is 8.71. The summed E-state index contributed by atoms with van der Waals surface area (Å²) in [6.07, 6.45) is 1.19. The molecule has 0 unspecified atom stereocenters. The van der Waals surface area contributed by atoms with Gasteiger partial charge < -0.3 is 16.0 Å². The summed E-state index contributed by atoms with van der Waals surface area (Å²) in [5, 5.41) is 2.88. The molecule has 8 heteroatoms. The minimum absolute atomic E-state index is 0.0210. The van der Waals surface area contributed by atoms with Crippen LogP contribution >= 0.6 is 0 Å². The van der Waals surface area contributed by atoms with Gasteiger partial charge in [-0.1, -0.05) is 6.92 Å². The van der Waals surface area contributed by atoms with Gasteiger partial charge in [-0.3, -0.25) is 9.59 Å². The first-order chi connectivity index (χ1) is 12.2. The van der Waals surface area contributed by atoms with Crippen molar-refractivity contribution in [3.8, 4) is 0 Å². The molecule has 1 aromatic carbocycles. The van der Waals surface area contributed by atoms with E-state index >= 15 is 0 Å². The summed E-state index contributed by atoms with van der Waals surface area (Å²) in [6.45, 7) is 4.02. The second-order valence-electron chi connectivity index (χ2n) is 6.69. The molecule has 26 heavy (non-hydrogen) atoms. The van der Waals surface area contributed by atoms with Crippen molar-refractivity contribution >= 4 is 11.8 Å². The molecule has 144 valence electrons. The van der Waals surface area contributed by atoms with Gasteiger partial charge in [0, 0.05) is 31.1 Å². The lowest BCUT2D eigenvalue weighted by Gasteiger charge is -2.26. The van der Waals surface area contributed by atoms with Gasteiger partial charge in [-0.15, -0.1) is 0 Å². The lowest BCUT2D eigenvalue weighted by molar-refractivity contribution is -0.139. The van der Waals surface area contributed by atoms with Crippen molar-refractivity contribution in [2.75, 3.05) is 6.54 Å². The number of hydrogen-bond donors (Lipinski definition) is 2. The molecular formula is C18H24F3N3O2. The van der Waals surface area contributed by atoms with E-state index in [1.54, 1.807) is 6.92 Å². The Morgan fingerprint density at radius 3 is 2.62 bits per heavy atom. The average molecular weight is 371 g/mol. The fraction of sp³-hybridized carbons (Fsp3) is 0.556. The zero-order valence-corrected chi connectivity index (χ0v) is 14.9. The first-order valence-corrected chi connectivity index (χ1v) is 8.71. The van der Waals surface area contributed by atoms with Gasteiger partial charge in [0.05, 0.1) is 0 Å². The maximum absolute atomic E-state index is 13.7. The molecule has 0 saturated carbocycles. The van der Waals surface area contributed by atoms with Crippen molar-refractivity contribution in [2.24, 2.45) is 5.73 Å².